The van der Waals surface area contributed by atoms with E-state index in [1.54, 1.807) is 18.2 Å². The predicted octanol–water partition coefficient (Wildman–Crippen LogP) is 0.749. The summed E-state index contributed by atoms with van der Waals surface area (Å²) in [4.78, 5) is 33.1. The number of carbonyl (C=O) groups excluding carboxylic acids is 2. The second-order valence-electron chi connectivity index (χ2n) is 5.57. The van der Waals surface area contributed by atoms with Crippen LogP contribution in [-0.4, -0.2) is 22.9 Å². The number of amides is 2. The van der Waals surface area contributed by atoms with Gasteiger partial charge in [-0.05, 0) is 17.0 Å². The molecule has 0 aliphatic carbocycles. The summed E-state index contributed by atoms with van der Waals surface area (Å²) in [6.07, 6.45) is 0. The minimum atomic E-state index is -1.55. The van der Waals surface area contributed by atoms with Gasteiger partial charge in [-0.25, -0.2) is 9.59 Å². The largest absolute Gasteiger partial charge is 0.474 e. The smallest absolute Gasteiger partial charge is 0.394 e. The molecule has 1 rings (SSSR count). The highest BCUT2D eigenvalue weighted by atomic mass is 16.4. The Kier molecular flexibility index (Phi) is 4.62. The molecule has 0 spiro atoms. The van der Waals surface area contributed by atoms with Crippen molar-refractivity contribution >= 4 is 29.2 Å². The summed E-state index contributed by atoms with van der Waals surface area (Å²) in [5.41, 5.74) is 1.55. The molecule has 0 heterocycles. The Bertz CT molecular complexity index is 559. The van der Waals surface area contributed by atoms with Crippen LogP contribution in [0.25, 0.3) is 0 Å². The van der Waals surface area contributed by atoms with Gasteiger partial charge in [-0.15, -0.1) is 0 Å². The molecule has 1 aromatic carbocycles. The van der Waals surface area contributed by atoms with Crippen LogP contribution in [0.4, 0.5) is 11.4 Å². The van der Waals surface area contributed by atoms with E-state index in [1.165, 1.54) is 12.2 Å². The van der Waals surface area contributed by atoms with E-state index >= 15 is 0 Å². The van der Waals surface area contributed by atoms with Crippen molar-refractivity contribution < 1.29 is 24.8 Å². The van der Waals surface area contributed by atoms with Crippen molar-refractivity contribution in [2.75, 3.05) is 5.32 Å². The maximum Gasteiger partial charge on any atom is 0.394 e. The number of quaternary nitrogens is 1. The second kappa shape index (κ2) is 5.83. The van der Waals surface area contributed by atoms with Crippen molar-refractivity contribution in [1.29, 1.82) is 0 Å². The number of hydrogen-bond acceptors (Lipinski definition) is 3. The molecule has 0 radical (unpaired) electrons. The van der Waals surface area contributed by atoms with E-state index in [0.29, 0.717) is 11.4 Å². The van der Waals surface area contributed by atoms with Gasteiger partial charge >= 0.3 is 17.8 Å². The molecule has 0 bridgehead atoms. The van der Waals surface area contributed by atoms with E-state index in [9.17, 15) is 14.4 Å². The number of carbonyl (C=O) groups is 3. The Hall–Kier alpha value is -2.21. The number of carboxylic acids is 1. The number of primary amides is 1. The Morgan fingerprint density at radius 3 is 2.25 bits per heavy atom. The third kappa shape index (κ3) is 4.17. The molecule has 0 aromatic heterocycles. The summed E-state index contributed by atoms with van der Waals surface area (Å²) >= 11 is 0. The molecule has 0 saturated heterocycles. The number of hydrogen-bond donors (Lipinski definition) is 3. The van der Waals surface area contributed by atoms with Gasteiger partial charge < -0.3 is 10.4 Å². The number of carboxylic acid groups (broad SMARTS) is 1. The topological polar surface area (TPSA) is 100 Å². The first-order valence-electron chi connectivity index (χ1n) is 6.15. The molecule has 0 saturated carbocycles. The second-order valence-corrected chi connectivity index (χ2v) is 5.57. The normalized spacial score (nSPS) is 11.0. The van der Waals surface area contributed by atoms with Gasteiger partial charge in [0, 0.05) is 6.07 Å². The molecule has 0 aliphatic heterocycles. The molecule has 0 unspecified atom stereocenters. The molecule has 0 aliphatic rings. The molecule has 108 valence electrons. The van der Waals surface area contributed by atoms with Gasteiger partial charge in [-0.2, -0.15) is 0 Å². The summed E-state index contributed by atoms with van der Waals surface area (Å²) in [5, 5.41) is 12.5. The van der Waals surface area contributed by atoms with Crippen molar-refractivity contribution in [3.8, 4) is 0 Å². The monoisotopic (exact) mass is 279 g/mol. The minimum absolute atomic E-state index is 0.121. The number of aliphatic carboxylic acids is 1. The summed E-state index contributed by atoms with van der Waals surface area (Å²) in [7, 11) is 0. The van der Waals surface area contributed by atoms with Crippen LogP contribution in [0.3, 0.4) is 0 Å². The molecule has 6 heteroatoms. The van der Waals surface area contributed by atoms with Crippen LogP contribution in [0.2, 0.25) is 0 Å². The van der Waals surface area contributed by atoms with Crippen LogP contribution < -0.4 is 10.6 Å². The van der Waals surface area contributed by atoms with Crippen LogP contribution >= 0.6 is 0 Å². The predicted molar refractivity (Wildman–Crippen MR) is 73.7 cm³/mol. The van der Waals surface area contributed by atoms with Crippen LogP contribution in [0.5, 0.6) is 0 Å². The van der Waals surface area contributed by atoms with Crippen LogP contribution in [-0.2, 0) is 19.8 Å². The zero-order chi connectivity index (χ0) is 15.5. The van der Waals surface area contributed by atoms with Crippen molar-refractivity contribution in [2.24, 2.45) is 0 Å². The van der Waals surface area contributed by atoms with Gasteiger partial charge in [0.05, 0.1) is 12.6 Å². The van der Waals surface area contributed by atoms with Crippen LogP contribution in [0.15, 0.2) is 18.2 Å². The van der Waals surface area contributed by atoms with E-state index in [0.717, 1.165) is 5.56 Å². The highest BCUT2D eigenvalue weighted by Gasteiger charge is 2.22. The van der Waals surface area contributed by atoms with Gasteiger partial charge in [-0.3, -0.25) is 10.1 Å². The molecule has 4 N–H and O–H groups in total. The maximum atomic E-state index is 11.3. The fraction of sp³-hybridized carbons (Fsp3) is 0.357. The van der Waals surface area contributed by atoms with Crippen molar-refractivity contribution in [3.05, 3.63) is 23.8 Å². The van der Waals surface area contributed by atoms with Gasteiger partial charge in [0.25, 0.3) is 0 Å². The van der Waals surface area contributed by atoms with Gasteiger partial charge in [0.1, 0.15) is 5.69 Å². The summed E-state index contributed by atoms with van der Waals surface area (Å²) < 4.78 is 0. The number of nitrogens with one attached hydrogen (secondary N) is 1. The molecule has 2 amide bonds. The van der Waals surface area contributed by atoms with E-state index in [-0.39, 0.29) is 11.3 Å². The lowest BCUT2D eigenvalue weighted by molar-refractivity contribution is -0.481. The third-order valence-electron chi connectivity index (χ3n) is 2.66. The average molecular weight is 279 g/mol. The van der Waals surface area contributed by atoms with E-state index in [4.69, 9.17) is 5.11 Å². The van der Waals surface area contributed by atoms with Gasteiger partial charge in [0.2, 0.25) is 0 Å². The molecular formula is C14H19N2O4+. The first-order valence-corrected chi connectivity index (χ1v) is 6.15. The zero-order valence-electron chi connectivity index (χ0n) is 12.0. The average Bonchev–Trinajstić information content (AvgIpc) is 2.26. The zero-order valence-corrected chi connectivity index (χ0v) is 12.0. The molecule has 0 atom stereocenters. The first-order chi connectivity index (χ1) is 9.11. The number of anilines is 1. The molecule has 6 nitrogen and oxygen atoms in total. The maximum absolute atomic E-state index is 11.3. The molecule has 20 heavy (non-hydrogen) atoms. The minimum Gasteiger partial charge on any atom is -0.474 e. The van der Waals surface area contributed by atoms with E-state index in [1.807, 2.05) is 20.8 Å². The Morgan fingerprint density at radius 1 is 1.20 bits per heavy atom. The Labute approximate surface area is 117 Å². The van der Waals surface area contributed by atoms with Crippen molar-refractivity contribution in [3.63, 3.8) is 0 Å². The van der Waals surface area contributed by atoms with Crippen LogP contribution in [0, 0.1) is 0 Å². The van der Waals surface area contributed by atoms with Crippen LogP contribution in [0.1, 0.15) is 33.3 Å². The quantitative estimate of drug-likeness (QED) is 0.549. The Morgan fingerprint density at radius 2 is 1.80 bits per heavy atom. The molecule has 0 fully saturated rings. The summed E-state index contributed by atoms with van der Waals surface area (Å²) in [6, 6.07) is 5.15. The lowest BCUT2D eigenvalue weighted by atomic mass is 9.85. The first kappa shape index (κ1) is 15.8. The fourth-order valence-electron chi connectivity index (χ4n) is 1.82. The third-order valence-corrected chi connectivity index (χ3v) is 2.66. The molecule has 1 aromatic rings. The number of benzene rings is 1. The summed E-state index contributed by atoms with van der Waals surface area (Å²) in [5.74, 6) is -2.77. The standard InChI is InChI=1S/C14H18N2O4/c1-8(17)15-9-5-6-10(14(2,3)4)11(7-9)16-12(18)13(19)20/h5-7H,1-4H3,(H,15,17)(H,16,18)(H,19,20)/p+1. The van der Waals surface area contributed by atoms with E-state index < -0.39 is 11.9 Å². The SMILES string of the molecule is CC(=O)[NH2+]c1ccc(C(C)(C)C)c(NC(=O)C(=O)O)c1. The highest BCUT2D eigenvalue weighted by molar-refractivity contribution is 6.36. The highest BCUT2D eigenvalue weighted by Crippen LogP contribution is 2.30. The molecular weight excluding hydrogens is 260 g/mol. The summed E-state index contributed by atoms with van der Waals surface area (Å²) in [6.45, 7) is 7.28. The lowest BCUT2D eigenvalue weighted by Crippen LogP contribution is -2.81. The fourth-order valence-corrected chi connectivity index (χ4v) is 1.82. The van der Waals surface area contributed by atoms with E-state index in [2.05, 4.69) is 5.32 Å². The van der Waals surface area contributed by atoms with Crippen molar-refractivity contribution in [1.82, 2.24) is 0 Å². The van der Waals surface area contributed by atoms with Gasteiger partial charge in [0.15, 0.2) is 0 Å². The Balaban J connectivity index is 3.22. The van der Waals surface area contributed by atoms with Crippen molar-refractivity contribution in [2.45, 2.75) is 33.1 Å². The number of rotatable bonds is 2. The number of nitrogens with two attached hydrogens (primary N) is 1. The lowest BCUT2D eigenvalue weighted by Gasteiger charge is -2.22. The van der Waals surface area contributed by atoms with Gasteiger partial charge in [-0.1, -0.05) is 26.8 Å².